The number of nitrogens with one attached hydrogen (secondary N) is 2. The molecular weight excluding hydrogens is 266 g/mol. The first kappa shape index (κ1) is 13.3. The minimum Gasteiger partial charge on any atom is -0.508 e. The maximum atomic E-state index is 11.6. The highest BCUT2D eigenvalue weighted by Crippen LogP contribution is 2.21. The molecule has 1 aliphatic rings. The Kier molecular flexibility index (Phi) is 3.64. The summed E-state index contributed by atoms with van der Waals surface area (Å²) < 4.78 is 0. The topological polar surface area (TPSA) is 64.6 Å². The van der Waals surface area contributed by atoms with Gasteiger partial charge in [0.15, 0.2) is 0 Å². The molecule has 1 aliphatic heterocycles. The van der Waals surface area contributed by atoms with Crippen molar-refractivity contribution in [2.75, 3.05) is 23.3 Å². The molecule has 2 aromatic carbocycles. The number of carbonyl (C=O) groups excluding carboxylic acids is 1. The number of anilines is 2. The normalized spacial score (nSPS) is 14.1. The van der Waals surface area contributed by atoms with Crippen molar-refractivity contribution in [1.29, 1.82) is 0 Å². The first-order valence-corrected chi connectivity index (χ1v) is 6.90. The maximum absolute atomic E-state index is 11.6. The molecule has 0 spiro atoms. The Balaban J connectivity index is 1.65. The Morgan fingerprint density at radius 2 is 1.90 bits per heavy atom. The number of urea groups is 1. The van der Waals surface area contributed by atoms with Gasteiger partial charge in [0, 0.05) is 36.6 Å². The Hall–Kier alpha value is -2.69. The number of carbonyl (C=O) groups is 1. The zero-order chi connectivity index (χ0) is 14.7. The summed E-state index contributed by atoms with van der Waals surface area (Å²) in [5, 5.41) is 15.7. The van der Waals surface area contributed by atoms with Gasteiger partial charge >= 0.3 is 6.03 Å². The number of hydrogen-bond acceptors (Lipinski definition) is 3. The van der Waals surface area contributed by atoms with Gasteiger partial charge in [-0.2, -0.15) is 0 Å². The number of nitrogens with zero attached hydrogens (tertiary/aromatic N) is 1. The third-order valence-electron chi connectivity index (χ3n) is 3.51. The smallest absolute Gasteiger partial charge is 0.321 e. The Morgan fingerprint density at radius 3 is 2.57 bits per heavy atom. The third-order valence-corrected chi connectivity index (χ3v) is 3.51. The molecule has 0 bridgehead atoms. The summed E-state index contributed by atoms with van der Waals surface area (Å²) in [5.41, 5.74) is 2.68. The summed E-state index contributed by atoms with van der Waals surface area (Å²) in [6.45, 7) is 1.94. The average Bonchev–Trinajstić information content (AvgIpc) is 2.93. The fraction of sp³-hybridized carbons (Fsp3) is 0.188. The van der Waals surface area contributed by atoms with Gasteiger partial charge in [0.1, 0.15) is 5.75 Å². The number of phenols is 1. The molecule has 3 N–H and O–H groups in total. The molecule has 5 nitrogen and oxygen atoms in total. The summed E-state index contributed by atoms with van der Waals surface area (Å²) in [6, 6.07) is 14.9. The van der Waals surface area contributed by atoms with Crippen LogP contribution in [0.5, 0.6) is 5.75 Å². The van der Waals surface area contributed by atoms with Crippen molar-refractivity contribution in [3.63, 3.8) is 0 Å². The van der Waals surface area contributed by atoms with Crippen molar-refractivity contribution in [1.82, 2.24) is 5.32 Å². The molecule has 0 unspecified atom stereocenters. The van der Waals surface area contributed by atoms with E-state index in [2.05, 4.69) is 10.6 Å². The fourth-order valence-electron chi connectivity index (χ4n) is 2.33. The summed E-state index contributed by atoms with van der Waals surface area (Å²) in [4.78, 5) is 13.3. The van der Waals surface area contributed by atoms with E-state index in [1.54, 1.807) is 17.0 Å². The lowest BCUT2D eigenvalue weighted by Crippen LogP contribution is -2.27. The van der Waals surface area contributed by atoms with E-state index in [1.807, 2.05) is 36.4 Å². The van der Waals surface area contributed by atoms with Crippen molar-refractivity contribution in [2.45, 2.75) is 6.54 Å². The van der Waals surface area contributed by atoms with Gasteiger partial charge in [0.2, 0.25) is 0 Å². The molecule has 1 fully saturated rings. The van der Waals surface area contributed by atoms with Crippen molar-refractivity contribution >= 4 is 17.4 Å². The second-order valence-corrected chi connectivity index (χ2v) is 4.91. The first-order chi connectivity index (χ1) is 10.2. The minimum absolute atomic E-state index is 0.0510. The van der Waals surface area contributed by atoms with E-state index in [9.17, 15) is 9.90 Å². The zero-order valence-corrected chi connectivity index (χ0v) is 11.5. The molecule has 1 saturated heterocycles. The van der Waals surface area contributed by atoms with Crippen LogP contribution in [0.3, 0.4) is 0 Å². The predicted octanol–water partition coefficient (Wildman–Crippen LogP) is 2.53. The maximum Gasteiger partial charge on any atom is 0.321 e. The van der Waals surface area contributed by atoms with E-state index in [4.69, 9.17) is 0 Å². The molecule has 2 aromatic rings. The SMILES string of the molecule is O=C1NCCN1c1ccc(NCc2ccccc2O)cc1. The van der Waals surface area contributed by atoms with Gasteiger partial charge in [0.25, 0.3) is 0 Å². The van der Waals surface area contributed by atoms with Crippen molar-refractivity contribution in [3.05, 3.63) is 54.1 Å². The van der Waals surface area contributed by atoms with Crippen LogP contribution in [-0.2, 0) is 6.54 Å². The molecule has 2 amide bonds. The zero-order valence-electron chi connectivity index (χ0n) is 11.5. The Morgan fingerprint density at radius 1 is 1.14 bits per heavy atom. The number of aromatic hydroxyl groups is 1. The molecule has 108 valence electrons. The molecule has 3 rings (SSSR count). The third kappa shape index (κ3) is 2.91. The van der Waals surface area contributed by atoms with Crippen LogP contribution in [0.2, 0.25) is 0 Å². The average molecular weight is 283 g/mol. The van der Waals surface area contributed by atoms with Gasteiger partial charge in [0.05, 0.1) is 0 Å². The number of benzene rings is 2. The van der Waals surface area contributed by atoms with Crippen LogP contribution in [0.25, 0.3) is 0 Å². The summed E-state index contributed by atoms with van der Waals surface area (Å²) in [6.07, 6.45) is 0. The molecule has 5 heteroatoms. The quantitative estimate of drug-likeness (QED) is 0.808. The summed E-state index contributed by atoms with van der Waals surface area (Å²) in [5.74, 6) is 0.287. The Bertz CT molecular complexity index is 640. The Labute approximate surface area is 123 Å². The van der Waals surface area contributed by atoms with E-state index in [-0.39, 0.29) is 11.8 Å². The van der Waals surface area contributed by atoms with Crippen LogP contribution in [0.4, 0.5) is 16.2 Å². The molecule has 0 aliphatic carbocycles. The van der Waals surface area contributed by atoms with Crippen LogP contribution in [0.1, 0.15) is 5.56 Å². The lowest BCUT2D eigenvalue weighted by Gasteiger charge is -2.15. The number of hydrogen-bond donors (Lipinski definition) is 3. The van der Waals surface area contributed by atoms with E-state index in [1.165, 1.54) is 0 Å². The van der Waals surface area contributed by atoms with Gasteiger partial charge < -0.3 is 15.7 Å². The van der Waals surface area contributed by atoms with Gasteiger partial charge in [-0.05, 0) is 30.3 Å². The second kappa shape index (κ2) is 5.75. The highest BCUT2D eigenvalue weighted by Gasteiger charge is 2.20. The highest BCUT2D eigenvalue weighted by atomic mass is 16.3. The lowest BCUT2D eigenvalue weighted by molar-refractivity contribution is 0.252. The monoisotopic (exact) mass is 283 g/mol. The second-order valence-electron chi connectivity index (χ2n) is 4.91. The molecule has 1 heterocycles. The molecule has 0 atom stereocenters. The predicted molar refractivity (Wildman–Crippen MR) is 82.6 cm³/mol. The number of rotatable bonds is 4. The number of para-hydroxylation sites is 1. The minimum atomic E-state index is -0.0510. The summed E-state index contributed by atoms with van der Waals surface area (Å²) in [7, 11) is 0. The van der Waals surface area contributed by atoms with Crippen LogP contribution in [0.15, 0.2) is 48.5 Å². The van der Waals surface area contributed by atoms with E-state index in [0.29, 0.717) is 19.6 Å². The van der Waals surface area contributed by atoms with Gasteiger partial charge in [-0.15, -0.1) is 0 Å². The van der Waals surface area contributed by atoms with Crippen LogP contribution in [0, 0.1) is 0 Å². The van der Waals surface area contributed by atoms with Gasteiger partial charge in [-0.1, -0.05) is 18.2 Å². The van der Waals surface area contributed by atoms with Crippen molar-refractivity contribution in [2.24, 2.45) is 0 Å². The highest BCUT2D eigenvalue weighted by molar-refractivity contribution is 5.94. The molecule has 21 heavy (non-hydrogen) atoms. The largest absolute Gasteiger partial charge is 0.508 e. The first-order valence-electron chi connectivity index (χ1n) is 6.90. The van der Waals surface area contributed by atoms with Gasteiger partial charge in [-0.3, -0.25) is 4.90 Å². The summed E-state index contributed by atoms with van der Waals surface area (Å²) >= 11 is 0. The number of phenolic OH excluding ortho intramolecular Hbond substituents is 1. The molecule has 0 saturated carbocycles. The van der Waals surface area contributed by atoms with E-state index in [0.717, 1.165) is 16.9 Å². The van der Waals surface area contributed by atoms with Gasteiger partial charge in [-0.25, -0.2) is 4.79 Å². The molecular formula is C16H17N3O2. The van der Waals surface area contributed by atoms with Crippen LogP contribution in [-0.4, -0.2) is 24.2 Å². The molecule has 0 radical (unpaired) electrons. The fourth-order valence-corrected chi connectivity index (χ4v) is 2.33. The van der Waals surface area contributed by atoms with Crippen LogP contribution < -0.4 is 15.5 Å². The van der Waals surface area contributed by atoms with E-state index >= 15 is 0 Å². The van der Waals surface area contributed by atoms with Crippen molar-refractivity contribution in [3.8, 4) is 5.75 Å². The van der Waals surface area contributed by atoms with Crippen molar-refractivity contribution < 1.29 is 9.90 Å². The number of amides is 2. The standard InChI is InChI=1S/C16H17N3O2/c20-15-4-2-1-3-12(15)11-18-13-5-7-14(8-6-13)19-10-9-17-16(19)21/h1-8,18,20H,9-11H2,(H,17,21). The van der Waals surface area contributed by atoms with Crippen LogP contribution >= 0.6 is 0 Å². The molecule has 0 aromatic heterocycles. The van der Waals surface area contributed by atoms with E-state index < -0.39 is 0 Å². The lowest BCUT2D eigenvalue weighted by atomic mass is 10.2.